The quantitative estimate of drug-likeness (QED) is 0.0827. The van der Waals surface area contributed by atoms with Gasteiger partial charge >= 0.3 is 34.6 Å². The maximum atomic E-state index is 12.0. The van der Waals surface area contributed by atoms with E-state index in [-0.39, 0.29) is 72.0 Å². The van der Waals surface area contributed by atoms with Crippen LogP contribution in [0.1, 0.15) is 66.8 Å². The summed E-state index contributed by atoms with van der Waals surface area (Å²) < 4.78 is 78.5. The van der Waals surface area contributed by atoms with E-state index in [1.165, 1.54) is 0 Å². The molecule has 0 aromatic heterocycles. The van der Waals surface area contributed by atoms with E-state index in [0.29, 0.717) is 11.1 Å². The number of ketones is 1. The first-order chi connectivity index (χ1) is 28.9. The maximum absolute atomic E-state index is 12.0. The summed E-state index contributed by atoms with van der Waals surface area (Å²) in [7, 11) is -7.33. The van der Waals surface area contributed by atoms with Crippen molar-refractivity contribution < 1.29 is 104 Å². The van der Waals surface area contributed by atoms with E-state index in [1.54, 1.807) is 41.5 Å². The molecule has 11 N–H and O–H groups in total. The van der Waals surface area contributed by atoms with Crippen LogP contribution in [0.25, 0.3) is 0 Å². The molecule has 0 radical (unpaired) electrons. The minimum Gasteiger partial charge on any atom is -1.00 e. The Bertz CT molecular complexity index is 1730. The van der Waals surface area contributed by atoms with Crippen LogP contribution in [0.15, 0.2) is 95.5 Å². The van der Waals surface area contributed by atoms with Gasteiger partial charge in [0.2, 0.25) is 0 Å². The first-order valence-corrected chi connectivity index (χ1v) is 20.1. The molecule has 3 heterocycles. The van der Waals surface area contributed by atoms with Gasteiger partial charge in [-0.15, -0.1) is 5.76 Å². The fraction of sp³-hybridized carbons (Fsp3) is 0.523. The SMILES string of the molecule is C.C.CC(C)(N)C(=O)c1ccc(N2CCOCC2)cc1.CC(C)(N)C(O)=C1C=CC(=[N+]2CCOCC2)C=C1.CC(C)(N)C([O-])=C1C=CC(=[N+]2CCOCC2)C=C1.FB(F)F.FB(F)F.O.O.[F-].[F-].[Zn+2]. The first-order valence-electron chi connectivity index (χ1n) is 20.1. The number of Topliss-reactive ketones (excluding diaryl/α,β-unsaturated/α-hetero) is 1. The van der Waals surface area contributed by atoms with Gasteiger partial charge in [0.1, 0.15) is 32.2 Å². The zero-order valence-corrected chi connectivity index (χ0v) is 41.8. The Balaban J connectivity index is -0.000000191. The summed E-state index contributed by atoms with van der Waals surface area (Å²) in [5, 5.41) is 22.0. The van der Waals surface area contributed by atoms with Crippen molar-refractivity contribution >= 4 is 38.0 Å². The van der Waals surface area contributed by atoms with Gasteiger partial charge in [-0.05, 0) is 95.7 Å². The number of benzene rings is 1. The molecular weight excluding hydrogens is 980 g/mol. The van der Waals surface area contributed by atoms with Crippen molar-refractivity contribution in [1.82, 2.24) is 0 Å². The molecule has 3 saturated heterocycles. The number of hydrogen-bond acceptors (Lipinski definition) is 10. The van der Waals surface area contributed by atoms with Crippen molar-refractivity contribution in [2.75, 3.05) is 83.8 Å². The number of hydrogen-bond donors (Lipinski definition) is 4. The van der Waals surface area contributed by atoms with Crippen molar-refractivity contribution in [2.45, 2.75) is 73.0 Å². The molecule has 0 amide bonds. The van der Waals surface area contributed by atoms with Crippen LogP contribution in [0.5, 0.6) is 0 Å². The molecule has 69 heavy (non-hydrogen) atoms. The van der Waals surface area contributed by atoms with Crippen LogP contribution in [-0.4, -0.2) is 153 Å². The number of nitrogens with two attached hydrogens (primary N) is 3. The van der Waals surface area contributed by atoms with Gasteiger partial charge in [0.25, 0.3) is 0 Å². The average molecular weight is 1050 g/mol. The number of carbonyl (C=O) groups is 1. The van der Waals surface area contributed by atoms with Gasteiger partial charge in [-0.3, -0.25) is 30.7 Å². The third-order valence-electron chi connectivity index (χ3n) is 9.31. The molecule has 14 nitrogen and oxygen atoms in total. The maximum Gasteiger partial charge on any atom is 2.00 e. The smallest absolute Gasteiger partial charge is 1.00 e. The van der Waals surface area contributed by atoms with Gasteiger partial charge in [0.15, 0.2) is 43.4 Å². The molecule has 0 atom stereocenters. The largest absolute Gasteiger partial charge is 2.00 e. The van der Waals surface area contributed by atoms with Crippen molar-refractivity contribution in [1.29, 1.82) is 0 Å². The summed E-state index contributed by atoms with van der Waals surface area (Å²) >= 11 is 0. The fourth-order valence-corrected chi connectivity index (χ4v) is 6.06. The molecular formula is C44H73B2F8N6O8Zn+. The molecule has 6 rings (SSSR count). The molecule has 0 bridgehead atoms. The van der Waals surface area contributed by atoms with Crippen molar-refractivity contribution in [3.8, 4) is 0 Å². The molecule has 3 aliphatic heterocycles. The predicted molar refractivity (Wildman–Crippen MR) is 252 cm³/mol. The van der Waals surface area contributed by atoms with Crippen LogP contribution in [-0.2, 0) is 33.7 Å². The van der Waals surface area contributed by atoms with E-state index in [4.69, 9.17) is 31.4 Å². The Labute approximate surface area is 415 Å². The zero-order valence-electron chi connectivity index (χ0n) is 38.9. The number of aliphatic hydroxyl groups is 1. The van der Waals surface area contributed by atoms with E-state index in [0.717, 1.165) is 102 Å². The molecule has 0 saturated carbocycles. The van der Waals surface area contributed by atoms with Gasteiger partial charge < -0.3 is 66.9 Å². The number of rotatable bonds is 5. The Morgan fingerprint density at radius 3 is 1.23 bits per heavy atom. The molecule has 390 valence electrons. The second-order valence-corrected chi connectivity index (χ2v) is 16.1. The summed E-state index contributed by atoms with van der Waals surface area (Å²) in [6, 6.07) is 7.65. The third kappa shape index (κ3) is 29.0. The van der Waals surface area contributed by atoms with Crippen LogP contribution in [0.4, 0.5) is 31.6 Å². The van der Waals surface area contributed by atoms with E-state index >= 15 is 0 Å². The van der Waals surface area contributed by atoms with E-state index in [1.807, 2.05) is 72.9 Å². The number of ether oxygens (including phenoxy) is 3. The number of halogens is 8. The number of nitrogens with zero attached hydrogens (tertiary/aromatic N) is 3. The van der Waals surface area contributed by atoms with E-state index < -0.39 is 31.7 Å². The summed E-state index contributed by atoms with van der Waals surface area (Å²) in [6.45, 7) is 20.5. The molecule has 1 aromatic carbocycles. The van der Waals surface area contributed by atoms with E-state index in [2.05, 4.69) is 14.1 Å². The minimum atomic E-state index is -3.67. The monoisotopic (exact) mass is 1050 g/mol. The van der Waals surface area contributed by atoms with Crippen LogP contribution >= 0.6 is 0 Å². The number of allylic oxidation sites excluding steroid dienone is 10. The molecule has 25 heteroatoms. The molecule has 2 aliphatic carbocycles. The van der Waals surface area contributed by atoms with Gasteiger partial charge in [0, 0.05) is 59.8 Å². The van der Waals surface area contributed by atoms with Crippen LogP contribution < -0.4 is 36.6 Å². The molecule has 0 spiro atoms. The molecule has 3 fully saturated rings. The fourth-order valence-electron chi connectivity index (χ4n) is 6.06. The number of carbonyl (C=O) groups excluding carboxylic acids is 1. The molecule has 1 aromatic rings. The third-order valence-corrected chi connectivity index (χ3v) is 9.31. The summed E-state index contributed by atoms with van der Waals surface area (Å²) in [5.74, 6) is 0.156. The standard InChI is InChI=1S/3C14H20N2O2.2CH4.2BF3.2FH.2H2O.Zn/c3*1-14(2,15)13(17)11-3-5-12(6-4-11)16-7-9-18-10-8-16;;;2*2-1(3)4;;;;;/h3*3-6H,7-10,15H2,1-2H3;2*1H4;;;2*1H;2*1H2;/q;;;;;;;;;;;+2/p-1. The first kappa shape index (κ1) is 76.4. The number of aliphatic hydroxyl groups excluding tert-OH is 1. The Morgan fingerprint density at radius 1 is 0.609 bits per heavy atom. The summed E-state index contributed by atoms with van der Waals surface area (Å²) in [5.41, 5.74) is 20.7. The zero-order chi connectivity index (χ0) is 46.7. The Hall–Kier alpha value is -4.06. The van der Waals surface area contributed by atoms with Crippen molar-refractivity contribution in [3.05, 3.63) is 101 Å². The van der Waals surface area contributed by atoms with Crippen molar-refractivity contribution in [2.24, 2.45) is 17.2 Å². The number of morpholine rings is 3. The normalized spacial score (nSPS) is 15.8. The van der Waals surface area contributed by atoms with Crippen LogP contribution in [0, 0.1) is 0 Å². The number of anilines is 1. The van der Waals surface area contributed by atoms with Gasteiger partial charge in [-0.2, -0.15) is 0 Å². The average Bonchev–Trinajstić information content (AvgIpc) is 3.23. The van der Waals surface area contributed by atoms with Crippen molar-refractivity contribution in [3.63, 3.8) is 0 Å². The second-order valence-electron chi connectivity index (χ2n) is 16.1. The van der Waals surface area contributed by atoms with Gasteiger partial charge in [0.05, 0.1) is 24.3 Å². The van der Waals surface area contributed by atoms with Crippen LogP contribution in [0.2, 0.25) is 0 Å². The summed E-state index contributed by atoms with van der Waals surface area (Å²) in [4.78, 5) is 14.3. The molecule has 5 aliphatic rings. The van der Waals surface area contributed by atoms with E-state index in [9.17, 15) is 40.9 Å². The summed E-state index contributed by atoms with van der Waals surface area (Å²) in [6.07, 6.45) is 15.5. The Kier molecular flexibility index (Phi) is 40.8. The topological polar surface area (TPSA) is 238 Å². The van der Waals surface area contributed by atoms with Gasteiger partial charge in [-0.1, -0.05) is 14.9 Å². The predicted octanol–water partition coefficient (Wildman–Crippen LogP) is -2.08. The second kappa shape index (κ2) is 36.8. The Morgan fingerprint density at radius 2 is 0.928 bits per heavy atom. The minimum absolute atomic E-state index is 0. The molecule has 0 unspecified atom stereocenters. The van der Waals surface area contributed by atoms with Crippen LogP contribution in [0.3, 0.4) is 0 Å². The van der Waals surface area contributed by atoms with Gasteiger partial charge in [-0.25, -0.2) is 9.15 Å².